The van der Waals surface area contributed by atoms with Gasteiger partial charge in [0.2, 0.25) is 5.91 Å². The molecule has 20 heavy (non-hydrogen) atoms. The maximum atomic E-state index is 12.3. The number of anilines is 1. The molecule has 1 aromatic heterocycles. The fourth-order valence-corrected chi connectivity index (χ4v) is 2.82. The van der Waals surface area contributed by atoms with Crippen molar-refractivity contribution in [2.24, 2.45) is 0 Å². The molecule has 1 aromatic carbocycles. The van der Waals surface area contributed by atoms with Crippen LogP contribution in [-0.4, -0.2) is 24.2 Å². The molecule has 0 spiro atoms. The lowest BCUT2D eigenvalue weighted by atomic mass is 9.93. The average molecular weight is 270 g/mol. The largest absolute Gasteiger partial charge is 0.383 e. The van der Waals surface area contributed by atoms with Crippen LogP contribution in [0.2, 0.25) is 0 Å². The Bertz CT molecular complexity index is 646. The highest BCUT2D eigenvalue weighted by Crippen LogP contribution is 2.38. The number of hydrogen-bond donors (Lipinski definition) is 1. The van der Waals surface area contributed by atoms with Crippen molar-refractivity contribution in [3.8, 4) is 0 Å². The molecule has 1 aliphatic heterocycles. The van der Waals surface area contributed by atoms with E-state index in [0.717, 1.165) is 29.1 Å². The molecule has 1 N–H and O–H groups in total. The van der Waals surface area contributed by atoms with Gasteiger partial charge in [0, 0.05) is 31.2 Å². The van der Waals surface area contributed by atoms with E-state index >= 15 is 0 Å². The van der Waals surface area contributed by atoms with E-state index in [1.165, 1.54) is 0 Å². The molecule has 2 aromatic rings. The van der Waals surface area contributed by atoms with Gasteiger partial charge in [0.25, 0.3) is 0 Å². The Balaban J connectivity index is 1.97. The Hall–Kier alpha value is -2.07. The van der Waals surface area contributed by atoms with E-state index in [1.54, 1.807) is 7.11 Å². The minimum atomic E-state index is -0.199. The summed E-state index contributed by atoms with van der Waals surface area (Å²) < 4.78 is 7.24. The number of benzene rings is 1. The molecule has 1 amide bonds. The summed E-state index contributed by atoms with van der Waals surface area (Å²) in [5.41, 5.74) is 4.18. The fourth-order valence-electron chi connectivity index (χ4n) is 2.82. The van der Waals surface area contributed by atoms with Gasteiger partial charge in [-0.25, -0.2) is 0 Å². The number of fused-ring (bicyclic) bond motifs is 1. The summed E-state index contributed by atoms with van der Waals surface area (Å²) in [5.74, 6) is -0.145. The number of carbonyl (C=O) groups excluding carboxylic acids is 1. The monoisotopic (exact) mass is 270 g/mol. The SMILES string of the molecule is COCCn1ccc(C2C(=O)Nc3ccccc32)c1C. The van der Waals surface area contributed by atoms with Crippen LogP contribution in [0.15, 0.2) is 36.5 Å². The van der Waals surface area contributed by atoms with Gasteiger partial charge >= 0.3 is 0 Å². The van der Waals surface area contributed by atoms with Crippen LogP contribution in [0.4, 0.5) is 5.69 Å². The predicted octanol–water partition coefficient (Wildman–Crippen LogP) is 2.53. The van der Waals surface area contributed by atoms with Gasteiger partial charge in [-0.15, -0.1) is 0 Å². The molecular weight excluding hydrogens is 252 g/mol. The second kappa shape index (κ2) is 5.13. The van der Waals surface area contributed by atoms with Gasteiger partial charge < -0.3 is 14.6 Å². The Morgan fingerprint density at radius 1 is 1.25 bits per heavy atom. The van der Waals surface area contributed by atoms with Crippen LogP contribution < -0.4 is 5.32 Å². The van der Waals surface area contributed by atoms with Crippen LogP contribution in [0.5, 0.6) is 0 Å². The molecule has 1 atom stereocenters. The Kier molecular flexibility index (Phi) is 3.32. The number of nitrogens with one attached hydrogen (secondary N) is 1. The summed E-state index contributed by atoms with van der Waals surface area (Å²) in [6, 6.07) is 9.92. The molecule has 0 fully saturated rings. The maximum Gasteiger partial charge on any atom is 0.236 e. The number of ether oxygens (including phenoxy) is 1. The zero-order chi connectivity index (χ0) is 14.1. The molecule has 0 radical (unpaired) electrons. The maximum absolute atomic E-state index is 12.3. The summed E-state index contributed by atoms with van der Waals surface area (Å²) in [7, 11) is 1.69. The first kappa shape index (κ1) is 12.9. The van der Waals surface area contributed by atoms with Crippen molar-refractivity contribution in [1.29, 1.82) is 0 Å². The number of nitrogens with zero attached hydrogens (tertiary/aromatic N) is 1. The van der Waals surface area contributed by atoms with E-state index in [4.69, 9.17) is 4.74 Å². The van der Waals surface area contributed by atoms with Crippen molar-refractivity contribution >= 4 is 11.6 Å². The van der Waals surface area contributed by atoms with Crippen molar-refractivity contribution < 1.29 is 9.53 Å². The summed E-state index contributed by atoms with van der Waals surface area (Å²) in [4.78, 5) is 12.3. The number of rotatable bonds is 4. The third-order valence-electron chi connectivity index (χ3n) is 3.92. The Labute approximate surface area is 118 Å². The van der Waals surface area contributed by atoms with Crippen molar-refractivity contribution in [2.75, 3.05) is 19.0 Å². The average Bonchev–Trinajstić information content (AvgIpc) is 2.96. The van der Waals surface area contributed by atoms with Crippen molar-refractivity contribution in [3.05, 3.63) is 53.3 Å². The van der Waals surface area contributed by atoms with Crippen LogP contribution in [0.1, 0.15) is 22.7 Å². The molecule has 3 rings (SSSR count). The van der Waals surface area contributed by atoms with Gasteiger partial charge in [-0.2, -0.15) is 0 Å². The quantitative estimate of drug-likeness (QED) is 0.927. The molecule has 104 valence electrons. The zero-order valence-corrected chi connectivity index (χ0v) is 11.7. The first-order chi connectivity index (χ1) is 9.72. The fraction of sp³-hybridized carbons (Fsp3) is 0.312. The standard InChI is InChI=1S/C16H18N2O2/c1-11-12(7-8-18(11)9-10-20-2)15-13-5-3-4-6-14(13)17-16(15)19/h3-8,15H,9-10H2,1-2H3,(H,17,19). The molecular formula is C16H18N2O2. The number of aromatic nitrogens is 1. The first-order valence-electron chi connectivity index (χ1n) is 6.76. The van der Waals surface area contributed by atoms with E-state index in [1.807, 2.05) is 36.5 Å². The smallest absolute Gasteiger partial charge is 0.236 e. The Morgan fingerprint density at radius 3 is 2.85 bits per heavy atom. The zero-order valence-electron chi connectivity index (χ0n) is 11.7. The number of amides is 1. The molecule has 4 nitrogen and oxygen atoms in total. The summed E-state index contributed by atoms with van der Waals surface area (Å²) in [6.07, 6.45) is 2.03. The highest BCUT2D eigenvalue weighted by Gasteiger charge is 2.33. The second-order valence-corrected chi connectivity index (χ2v) is 5.05. The predicted molar refractivity (Wildman–Crippen MR) is 78.0 cm³/mol. The van der Waals surface area contributed by atoms with E-state index in [0.29, 0.717) is 6.61 Å². The molecule has 2 heterocycles. The van der Waals surface area contributed by atoms with Gasteiger partial charge in [0.05, 0.1) is 12.5 Å². The van der Waals surface area contributed by atoms with E-state index in [2.05, 4.69) is 16.8 Å². The summed E-state index contributed by atoms with van der Waals surface area (Å²) >= 11 is 0. The first-order valence-corrected chi connectivity index (χ1v) is 6.76. The van der Waals surface area contributed by atoms with Crippen molar-refractivity contribution in [2.45, 2.75) is 19.4 Å². The van der Waals surface area contributed by atoms with Crippen molar-refractivity contribution in [1.82, 2.24) is 4.57 Å². The van der Waals surface area contributed by atoms with Gasteiger partial charge in [-0.1, -0.05) is 18.2 Å². The number of methoxy groups -OCH3 is 1. The molecule has 1 aliphatic rings. The van der Waals surface area contributed by atoms with Gasteiger partial charge in [0.15, 0.2) is 0 Å². The minimum absolute atomic E-state index is 0.0544. The number of carbonyl (C=O) groups is 1. The molecule has 0 bridgehead atoms. The summed E-state index contributed by atoms with van der Waals surface area (Å²) in [5, 5.41) is 2.95. The lowest BCUT2D eigenvalue weighted by Crippen LogP contribution is -2.14. The van der Waals surface area contributed by atoms with Crippen molar-refractivity contribution in [3.63, 3.8) is 0 Å². The minimum Gasteiger partial charge on any atom is -0.383 e. The summed E-state index contributed by atoms with van der Waals surface area (Å²) in [6.45, 7) is 3.53. The lowest BCUT2D eigenvalue weighted by Gasteiger charge is -2.11. The van der Waals surface area contributed by atoms with E-state index < -0.39 is 0 Å². The molecule has 4 heteroatoms. The lowest BCUT2D eigenvalue weighted by molar-refractivity contribution is -0.116. The van der Waals surface area contributed by atoms with Crippen LogP contribution >= 0.6 is 0 Å². The topological polar surface area (TPSA) is 43.3 Å². The number of para-hydroxylation sites is 1. The highest BCUT2D eigenvalue weighted by molar-refractivity contribution is 6.05. The molecule has 0 aliphatic carbocycles. The second-order valence-electron chi connectivity index (χ2n) is 5.05. The van der Waals surface area contributed by atoms with Crippen LogP contribution in [-0.2, 0) is 16.1 Å². The molecule has 1 unspecified atom stereocenters. The molecule has 0 saturated carbocycles. The number of hydrogen-bond acceptors (Lipinski definition) is 2. The van der Waals surface area contributed by atoms with Crippen LogP contribution in [0.25, 0.3) is 0 Å². The van der Waals surface area contributed by atoms with E-state index in [9.17, 15) is 4.79 Å². The van der Waals surface area contributed by atoms with Crippen LogP contribution in [0, 0.1) is 6.92 Å². The van der Waals surface area contributed by atoms with E-state index in [-0.39, 0.29) is 11.8 Å². The normalized spacial score (nSPS) is 17.1. The van der Waals surface area contributed by atoms with Crippen LogP contribution in [0.3, 0.4) is 0 Å². The third kappa shape index (κ3) is 2.02. The Morgan fingerprint density at radius 2 is 2.05 bits per heavy atom. The van der Waals surface area contributed by atoms with Gasteiger partial charge in [-0.05, 0) is 30.2 Å². The van der Waals surface area contributed by atoms with Gasteiger partial charge in [-0.3, -0.25) is 4.79 Å². The van der Waals surface area contributed by atoms with Gasteiger partial charge in [0.1, 0.15) is 0 Å². The highest BCUT2D eigenvalue weighted by atomic mass is 16.5. The molecule has 0 saturated heterocycles. The third-order valence-corrected chi connectivity index (χ3v) is 3.92.